The van der Waals surface area contributed by atoms with Crippen LogP contribution < -0.4 is 10.2 Å². The fraction of sp³-hybridized carbons (Fsp3) is 0.625. The molecule has 0 aliphatic carbocycles. The summed E-state index contributed by atoms with van der Waals surface area (Å²) in [5.74, 6) is 0.490. The lowest BCUT2D eigenvalue weighted by molar-refractivity contribution is 0.266. The maximum Gasteiger partial charge on any atom is 0.129 e. The Bertz CT molecular complexity index is 447. The quantitative estimate of drug-likeness (QED) is 0.892. The first kappa shape index (κ1) is 15.3. The molecule has 112 valence electrons. The van der Waals surface area contributed by atoms with Crippen LogP contribution in [0.1, 0.15) is 19.4 Å². The van der Waals surface area contributed by atoms with Crippen LogP contribution in [-0.2, 0) is 6.54 Å². The Morgan fingerprint density at radius 2 is 2.10 bits per heavy atom. The molecule has 1 aromatic rings. The normalized spacial score (nSPS) is 22.8. The molecule has 1 N–H and O–H groups in total. The van der Waals surface area contributed by atoms with Gasteiger partial charge < -0.3 is 15.1 Å². The molecule has 1 aliphatic heterocycles. The first-order valence-corrected chi connectivity index (χ1v) is 7.44. The fourth-order valence-corrected chi connectivity index (χ4v) is 3.09. The summed E-state index contributed by atoms with van der Waals surface area (Å²) >= 11 is 0. The Balaban J connectivity index is 2.23. The minimum atomic E-state index is -0.107. The Labute approximate surface area is 121 Å². The van der Waals surface area contributed by atoms with Gasteiger partial charge in [-0.05, 0) is 38.7 Å². The number of likely N-dealkylation sites (N-methyl/N-ethyl adjacent to an activating group) is 1. The lowest BCUT2D eigenvalue weighted by Gasteiger charge is -2.24. The lowest BCUT2D eigenvalue weighted by atomic mass is 10.1. The highest BCUT2D eigenvalue weighted by molar-refractivity contribution is 5.55. The number of anilines is 1. The van der Waals surface area contributed by atoms with Gasteiger partial charge in [0.05, 0.1) is 0 Å². The van der Waals surface area contributed by atoms with Crippen LogP contribution in [0.25, 0.3) is 0 Å². The summed E-state index contributed by atoms with van der Waals surface area (Å²) in [6.45, 7) is 7.72. The molecule has 4 heteroatoms. The third kappa shape index (κ3) is 3.13. The molecule has 0 spiro atoms. The van der Waals surface area contributed by atoms with E-state index in [1.54, 1.807) is 6.07 Å². The zero-order valence-corrected chi connectivity index (χ0v) is 13.0. The van der Waals surface area contributed by atoms with Crippen molar-refractivity contribution in [3.8, 4) is 0 Å². The standard InChI is InChI=1S/C16H26FN3/c1-5-18-9-13-14(17)7-6-8-15(13)20-10-12(2)16(11-20)19(3)4/h6-8,12,16,18H,5,9-11H2,1-4H3. The summed E-state index contributed by atoms with van der Waals surface area (Å²) in [4.78, 5) is 4.60. The van der Waals surface area contributed by atoms with Gasteiger partial charge in [-0.25, -0.2) is 4.39 Å². The van der Waals surface area contributed by atoms with E-state index in [2.05, 4.69) is 36.1 Å². The fourth-order valence-electron chi connectivity index (χ4n) is 3.09. The van der Waals surface area contributed by atoms with E-state index in [0.29, 0.717) is 18.5 Å². The Morgan fingerprint density at radius 1 is 1.35 bits per heavy atom. The molecule has 0 bridgehead atoms. The van der Waals surface area contributed by atoms with Crippen molar-refractivity contribution in [3.05, 3.63) is 29.6 Å². The number of benzene rings is 1. The third-order valence-electron chi connectivity index (χ3n) is 4.22. The van der Waals surface area contributed by atoms with E-state index in [1.165, 1.54) is 0 Å². The van der Waals surface area contributed by atoms with Crippen molar-refractivity contribution < 1.29 is 4.39 Å². The maximum absolute atomic E-state index is 14.1. The predicted molar refractivity (Wildman–Crippen MR) is 82.6 cm³/mol. The van der Waals surface area contributed by atoms with Gasteiger partial charge in [0.25, 0.3) is 0 Å². The Hall–Kier alpha value is -1.13. The van der Waals surface area contributed by atoms with E-state index in [9.17, 15) is 4.39 Å². The summed E-state index contributed by atoms with van der Waals surface area (Å²) in [7, 11) is 4.24. The summed E-state index contributed by atoms with van der Waals surface area (Å²) in [5.41, 5.74) is 1.84. The lowest BCUT2D eigenvalue weighted by Crippen LogP contribution is -2.34. The molecule has 0 saturated carbocycles. The maximum atomic E-state index is 14.1. The van der Waals surface area contributed by atoms with Gasteiger partial charge in [-0.2, -0.15) is 0 Å². The highest BCUT2D eigenvalue weighted by atomic mass is 19.1. The number of rotatable bonds is 5. The summed E-state index contributed by atoms with van der Waals surface area (Å²) in [6.07, 6.45) is 0. The average molecular weight is 279 g/mol. The van der Waals surface area contributed by atoms with E-state index >= 15 is 0 Å². The van der Waals surface area contributed by atoms with Crippen molar-refractivity contribution in [2.24, 2.45) is 5.92 Å². The Kier molecular flexibility index (Phi) is 5.00. The number of nitrogens with zero attached hydrogens (tertiary/aromatic N) is 2. The van der Waals surface area contributed by atoms with Crippen molar-refractivity contribution in [1.82, 2.24) is 10.2 Å². The molecule has 2 rings (SSSR count). The second-order valence-electron chi connectivity index (χ2n) is 5.93. The topological polar surface area (TPSA) is 18.5 Å². The van der Waals surface area contributed by atoms with Gasteiger partial charge in [-0.15, -0.1) is 0 Å². The Morgan fingerprint density at radius 3 is 2.70 bits per heavy atom. The summed E-state index contributed by atoms with van der Waals surface area (Å²) in [5, 5.41) is 3.24. The highest BCUT2D eigenvalue weighted by Gasteiger charge is 2.32. The van der Waals surface area contributed by atoms with Crippen molar-refractivity contribution in [2.75, 3.05) is 38.6 Å². The van der Waals surface area contributed by atoms with E-state index in [4.69, 9.17) is 0 Å². The average Bonchev–Trinajstić information content (AvgIpc) is 2.79. The molecule has 1 saturated heterocycles. The van der Waals surface area contributed by atoms with E-state index < -0.39 is 0 Å². The van der Waals surface area contributed by atoms with Gasteiger partial charge >= 0.3 is 0 Å². The first-order chi connectivity index (χ1) is 9.54. The molecule has 1 fully saturated rings. The second-order valence-corrected chi connectivity index (χ2v) is 5.93. The minimum absolute atomic E-state index is 0.107. The molecular formula is C16H26FN3. The zero-order valence-electron chi connectivity index (χ0n) is 13.0. The molecule has 1 aliphatic rings. The number of hydrogen-bond acceptors (Lipinski definition) is 3. The van der Waals surface area contributed by atoms with Crippen LogP contribution in [0.4, 0.5) is 10.1 Å². The third-order valence-corrected chi connectivity index (χ3v) is 4.22. The molecule has 20 heavy (non-hydrogen) atoms. The second kappa shape index (κ2) is 6.55. The van der Waals surface area contributed by atoms with E-state index in [1.807, 2.05) is 19.1 Å². The van der Waals surface area contributed by atoms with Gasteiger partial charge in [-0.1, -0.05) is 19.9 Å². The minimum Gasteiger partial charge on any atom is -0.369 e. The molecule has 0 radical (unpaired) electrons. The van der Waals surface area contributed by atoms with Crippen LogP contribution in [0.2, 0.25) is 0 Å². The van der Waals surface area contributed by atoms with Crippen molar-refractivity contribution in [3.63, 3.8) is 0 Å². The first-order valence-electron chi connectivity index (χ1n) is 7.44. The van der Waals surface area contributed by atoms with E-state index in [-0.39, 0.29) is 5.82 Å². The van der Waals surface area contributed by atoms with Crippen molar-refractivity contribution in [1.29, 1.82) is 0 Å². The van der Waals surface area contributed by atoms with Gasteiger partial charge in [0, 0.05) is 36.9 Å². The molecule has 1 heterocycles. The molecule has 0 aromatic heterocycles. The largest absolute Gasteiger partial charge is 0.369 e. The van der Waals surface area contributed by atoms with Crippen LogP contribution in [0, 0.1) is 11.7 Å². The SMILES string of the molecule is CCNCc1c(F)cccc1N1CC(C)C(N(C)C)C1. The number of hydrogen-bond donors (Lipinski definition) is 1. The molecule has 3 nitrogen and oxygen atoms in total. The van der Waals surface area contributed by atoms with Crippen molar-refractivity contribution in [2.45, 2.75) is 26.4 Å². The van der Waals surface area contributed by atoms with Crippen LogP contribution >= 0.6 is 0 Å². The molecule has 1 aromatic carbocycles. The van der Waals surface area contributed by atoms with E-state index in [0.717, 1.165) is 30.9 Å². The van der Waals surface area contributed by atoms with Crippen LogP contribution in [0.15, 0.2) is 18.2 Å². The van der Waals surface area contributed by atoms with Gasteiger partial charge in [0.2, 0.25) is 0 Å². The highest BCUT2D eigenvalue weighted by Crippen LogP contribution is 2.30. The van der Waals surface area contributed by atoms with Gasteiger partial charge in [0.1, 0.15) is 5.82 Å². The van der Waals surface area contributed by atoms with Gasteiger partial charge in [-0.3, -0.25) is 0 Å². The number of nitrogens with one attached hydrogen (secondary N) is 1. The van der Waals surface area contributed by atoms with Crippen LogP contribution in [0.5, 0.6) is 0 Å². The van der Waals surface area contributed by atoms with Crippen molar-refractivity contribution >= 4 is 5.69 Å². The van der Waals surface area contributed by atoms with Crippen LogP contribution in [0.3, 0.4) is 0 Å². The predicted octanol–water partition coefficient (Wildman–Crippen LogP) is 2.32. The smallest absolute Gasteiger partial charge is 0.129 e. The summed E-state index contributed by atoms with van der Waals surface area (Å²) < 4.78 is 14.1. The molecule has 2 atom stereocenters. The molecular weight excluding hydrogens is 253 g/mol. The number of halogens is 1. The van der Waals surface area contributed by atoms with Gasteiger partial charge in [0.15, 0.2) is 0 Å². The van der Waals surface area contributed by atoms with Crippen LogP contribution in [-0.4, -0.2) is 44.7 Å². The zero-order chi connectivity index (χ0) is 14.7. The summed E-state index contributed by atoms with van der Waals surface area (Å²) in [6, 6.07) is 5.94. The monoisotopic (exact) mass is 279 g/mol. The molecule has 0 amide bonds. The molecule has 2 unspecified atom stereocenters.